The van der Waals surface area contributed by atoms with Crippen LogP contribution in [0.1, 0.15) is 5.56 Å². The fourth-order valence-corrected chi connectivity index (χ4v) is 2.20. The second kappa shape index (κ2) is 3.97. The van der Waals surface area contributed by atoms with Gasteiger partial charge >= 0.3 is 0 Å². The van der Waals surface area contributed by atoms with E-state index >= 15 is 0 Å². The number of hydrogen-bond donors (Lipinski definition) is 1. The summed E-state index contributed by atoms with van der Waals surface area (Å²) in [5.74, 6) is 5.77. The second-order valence-electron chi connectivity index (χ2n) is 2.66. The largest absolute Gasteiger partial charge is 0.320 e. The average molecular weight is 223 g/mol. The molecule has 70 valence electrons. The fourth-order valence-electron chi connectivity index (χ4n) is 1.13. The third-order valence-corrected chi connectivity index (χ3v) is 2.82. The van der Waals surface area contributed by atoms with E-state index < -0.39 is 0 Å². The van der Waals surface area contributed by atoms with Crippen molar-refractivity contribution in [3.05, 3.63) is 28.2 Å². The van der Waals surface area contributed by atoms with Gasteiger partial charge in [0, 0.05) is 5.56 Å². The molecule has 1 aromatic heterocycles. The molecule has 0 amide bonds. The molecule has 0 fully saturated rings. The number of benzene rings is 1. The summed E-state index contributed by atoms with van der Waals surface area (Å²) in [6.45, 7) is 0.376. The smallest absolute Gasteiger partial charge is 0.184 e. The van der Waals surface area contributed by atoms with Crippen LogP contribution in [0.4, 0.5) is 0 Å². The molecule has 2 N–H and O–H groups in total. The summed E-state index contributed by atoms with van der Waals surface area (Å²) in [6, 6.07) is 5.81. The summed E-state index contributed by atoms with van der Waals surface area (Å²) in [5, 5.41) is 0. The number of nitrogens with two attached hydrogens (primary N) is 1. The lowest BCUT2D eigenvalue weighted by Gasteiger charge is -1.89. The van der Waals surface area contributed by atoms with Crippen LogP contribution in [-0.4, -0.2) is 11.5 Å². The molecule has 0 aliphatic heterocycles. The van der Waals surface area contributed by atoms with E-state index in [1.54, 1.807) is 0 Å². The highest BCUT2D eigenvalue weighted by Gasteiger charge is 2.00. The van der Waals surface area contributed by atoms with Crippen LogP contribution < -0.4 is 5.73 Å². The van der Waals surface area contributed by atoms with Gasteiger partial charge in [0.25, 0.3) is 0 Å². The van der Waals surface area contributed by atoms with Crippen molar-refractivity contribution >= 4 is 33.2 Å². The minimum absolute atomic E-state index is 0.376. The van der Waals surface area contributed by atoms with Gasteiger partial charge in [-0.05, 0) is 18.2 Å². The Balaban J connectivity index is 2.50. The van der Waals surface area contributed by atoms with E-state index in [2.05, 4.69) is 16.8 Å². The normalized spacial score (nSPS) is 9.86. The fraction of sp³-hybridized carbons (Fsp3) is 0.100. The summed E-state index contributed by atoms with van der Waals surface area (Å²) in [7, 11) is 0. The minimum Gasteiger partial charge on any atom is -0.320 e. The van der Waals surface area contributed by atoms with Crippen LogP contribution in [0.3, 0.4) is 0 Å². The number of aromatic nitrogens is 1. The summed E-state index contributed by atoms with van der Waals surface area (Å²) in [6.07, 6.45) is 0. The summed E-state index contributed by atoms with van der Waals surface area (Å²) >= 11 is 7.25. The Morgan fingerprint density at radius 3 is 3.14 bits per heavy atom. The zero-order valence-corrected chi connectivity index (χ0v) is 8.82. The van der Waals surface area contributed by atoms with E-state index in [0.29, 0.717) is 11.0 Å². The molecule has 0 atom stereocenters. The van der Waals surface area contributed by atoms with Crippen molar-refractivity contribution in [3.63, 3.8) is 0 Å². The van der Waals surface area contributed by atoms with Crippen molar-refractivity contribution in [3.8, 4) is 11.8 Å². The number of rotatable bonds is 0. The van der Waals surface area contributed by atoms with E-state index in [-0.39, 0.29) is 0 Å². The molecular weight excluding hydrogens is 216 g/mol. The third kappa shape index (κ3) is 1.88. The van der Waals surface area contributed by atoms with Gasteiger partial charge in [0.15, 0.2) is 4.47 Å². The van der Waals surface area contributed by atoms with E-state index in [0.717, 1.165) is 15.8 Å². The molecule has 0 saturated carbocycles. The molecule has 4 heteroatoms. The molecule has 14 heavy (non-hydrogen) atoms. The molecule has 0 radical (unpaired) electrons. The van der Waals surface area contributed by atoms with Crippen LogP contribution in [-0.2, 0) is 0 Å². The molecule has 2 aromatic rings. The summed E-state index contributed by atoms with van der Waals surface area (Å²) < 4.78 is 1.61. The van der Waals surface area contributed by atoms with Crippen LogP contribution in [0.25, 0.3) is 10.2 Å². The minimum atomic E-state index is 0.376. The quantitative estimate of drug-likeness (QED) is 0.695. The molecule has 0 aliphatic rings. The van der Waals surface area contributed by atoms with Gasteiger partial charge in [0.2, 0.25) is 0 Å². The average Bonchev–Trinajstić information content (AvgIpc) is 2.54. The molecule has 1 aromatic carbocycles. The van der Waals surface area contributed by atoms with Gasteiger partial charge in [-0.25, -0.2) is 4.98 Å². The van der Waals surface area contributed by atoms with Crippen LogP contribution in [0.2, 0.25) is 4.47 Å². The predicted molar refractivity (Wildman–Crippen MR) is 60.6 cm³/mol. The summed E-state index contributed by atoms with van der Waals surface area (Å²) in [4.78, 5) is 4.15. The van der Waals surface area contributed by atoms with E-state index in [1.807, 2.05) is 18.2 Å². The third-order valence-electron chi connectivity index (χ3n) is 1.70. The van der Waals surface area contributed by atoms with Gasteiger partial charge in [-0.3, -0.25) is 0 Å². The maximum absolute atomic E-state index is 5.79. The van der Waals surface area contributed by atoms with Crippen molar-refractivity contribution in [2.24, 2.45) is 5.73 Å². The monoisotopic (exact) mass is 222 g/mol. The van der Waals surface area contributed by atoms with Crippen molar-refractivity contribution < 1.29 is 0 Å². The van der Waals surface area contributed by atoms with Crippen molar-refractivity contribution in [2.75, 3.05) is 6.54 Å². The van der Waals surface area contributed by atoms with Gasteiger partial charge in [0.05, 0.1) is 16.8 Å². The van der Waals surface area contributed by atoms with Gasteiger partial charge in [-0.2, -0.15) is 0 Å². The molecular formula is C10H7ClN2S. The van der Waals surface area contributed by atoms with Crippen LogP contribution in [0.5, 0.6) is 0 Å². The molecule has 1 heterocycles. The molecule has 2 rings (SSSR count). The highest BCUT2D eigenvalue weighted by Crippen LogP contribution is 2.25. The zero-order chi connectivity index (χ0) is 9.97. The SMILES string of the molecule is NCC#Cc1ccc2nc(Cl)sc2c1. The highest BCUT2D eigenvalue weighted by molar-refractivity contribution is 7.22. The van der Waals surface area contributed by atoms with Gasteiger partial charge in [-0.1, -0.05) is 23.4 Å². The molecule has 0 saturated heterocycles. The first-order valence-corrected chi connectivity index (χ1v) is 5.24. The maximum Gasteiger partial charge on any atom is 0.184 e. The zero-order valence-electron chi connectivity index (χ0n) is 7.25. The second-order valence-corrected chi connectivity index (χ2v) is 4.27. The summed E-state index contributed by atoms with van der Waals surface area (Å²) in [5.41, 5.74) is 7.15. The number of thiazole rings is 1. The Morgan fingerprint density at radius 1 is 1.50 bits per heavy atom. The Kier molecular flexibility index (Phi) is 2.69. The topological polar surface area (TPSA) is 38.9 Å². The molecule has 0 aliphatic carbocycles. The first-order chi connectivity index (χ1) is 6.79. The maximum atomic E-state index is 5.79. The van der Waals surface area contributed by atoms with Gasteiger partial charge in [-0.15, -0.1) is 11.3 Å². The van der Waals surface area contributed by atoms with Gasteiger partial charge < -0.3 is 5.73 Å². The van der Waals surface area contributed by atoms with Crippen molar-refractivity contribution in [2.45, 2.75) is 0 Å². The lowest BCUT2D eigenvalue weighted by atomic mass is 10.2. The van der Waals surface area contributed by atoms with Crippen LogP contribution >= 0.6 is 22.9 Å². The first-order valence-electron chi connectivity index (χ1n) is 4.04. The van der Waals surface area contributed by atoms with E-state index in [1.165, 1.54) is 11.3 Å². The highest BCUT2D eigenvalue weighted by atomic mass is 35.5. The Labute approximate surface area is 90.7 Å². The van der Waals surface area contributed by atoms with Crippen LogP contribution in [0.15, 0.2) is 18.2 Å². The molecule has 0 bridgehead atoms. The molecule has 2 nitrogen and oxygen atoms in total. The number of nitrogens with zero attached hydrogens (tertiary/aromatic N) is 1. The van der Waals surface area contributed by atoms with E-state index in [4.69, 9.17) is 17.3 Å². The number of fused-ring (bicyclic) bond motifs is 1. The number of halogens is 1. The molecule has 0 unspecified atom stereocenters. The Hall–Kier alpha value is -1.08. The van der Waals surface area contributed by atoms with Crippen molar-refractivity contribution in [1.29, 1.82) is 0 Å². The van der Waals surface area contributed by atoms with Crippen LogP contribution in [0, 0.1) is 11.8 Å². The Bertz CT molecular complexity index is 522. The lowest BCUT2D eigenvalue weighted by Crippen LogP contribution is -1.92. The lowest BCUT2D eigenvalue weighted by molar-refractivity contribution is 1.30. The van der Waals surface area contributed by atoms with Crippen molar-refractivity contribution in [1.82, 2.24) is 4.98 Å². The predicted octanol–water partition coefficient (Wildman–Crippen LogP) is 2.26. The Morgan fingerprint density at radius 2 is 2.36 bits per heavy atom. The molecule has 0 spiro atoms. The number of hydrogen-bond acceptors (Lipinski definition) is 3. The standard InChI is InChI=1S/C10H7ClN2S/c11-10-13-8-4-3-7(2-1-5-12)6-9(8)14-10/h3-4,6H,5,12H2. The first kappa shape index (κ1) is 9.47. The van der Waals surface area contributed by atoms with Gasteiger partial charge in [0.1, 0.15) is 0 Å². The van der Waals surface area contributed by atoms with E-state index in [9.17, 15) is 0 Å².